The molecule has 1 amide bonds. The fraction of sp³-hybridized carbons (Fsp3) is 0.417. The molecule has 1 aromatic rings. The molecule has 0 aliphatic rings. The Bertz CT molecular complexity index is 661. The molecular formula is C12H17ClN2O4S2. The molecule has 0 heterocycles. The topological polar surface area (TPSA) is 106 Å². The predicted octanol–water partition coefficient (Wildman–Crippen LogP) is 0.874. The Morgan fingerprint density at radius 1 is 1.48 bits per heavy atom. The summed E-state index contributed by atoms with van der Waals surface area (Å²) < 4.78 is 33.6. The van der Waals surface area contributed by atoms with Crippen LogP contribution in [-0.4, -0.2) is 36.6 Å². The molecule has 2 unspecified atom stereocenters. The highest BCUT2D eigenvalue weighted by Gasteiger charge is 2.17. The van der Waals surface area contributed by atoms with Crippen molar-refractivity contribution < 1.29 is 17.4 Å². The summed E-state index contributed by atoms with van der Waals surface area (Å²) in [5.74, 6) is -0.0354. The molecule has 1 aromatic carbocycles. The molecule has 0 saturated heterocycles. The van der Waals surface area contributed by atoms with Crippen molar-refractivity contribution in [3.05, 3.63) is 28.8 Å². The zero-order valence-electron chi connectivity index (χ0n) is 11.6. The SMILES string of the molecule is CC(CCS(C)=O)NC(=O)c1cc(S(N)(=O)=O)ccc1Cl. The number of rotatable bonds is 6. The third-order valence-electron chi connectivity index (χ3n) is 2.73. The average Bonchev–Trinajstić information content (AvgIpc) is 2.35. The van der Waals surface area contributed by atoms with Gasteiger partial charge in [-0.25, -0.2) is 13.6 Å². The Kier molecular flexibility index (Phi) is 6.33. The number of carbonyl (C=O) groups excluding carboxylic acids is 1. The first-order chi connectivity index (χ1) is 9.61. The number of nitrogens with one attached hydrogen (secondary N) is 1. The number of benzene rings is 1. The van der Waals surface area contributed by atoms with Crippen LogP contribution >= 0.6 is 11.6 Å². The van der Waals surface area contributed by atoms with Crippen LogP contribution in [-0.2, 0) is 20.8 Å². The van der Waals surface area contributed by atoms with Gasteiger partial charge in [0, 0.05) is 28.9 Å². The average molecular weight is 353 g/mol. The van der Waals surface area contributed by atoms with Gasteiger partial charge in [-0.3, -0.25) is 9.00 Å². The van der Waals surface area contributed by atoms with Crippen LogP contribution < -0.4 is 10.5 Å². The minimum atomic E-state index is -3.90. The molecule has 0 spiro atoms. The summed E-state index contributed by atoms with van der Waals surface area (Å²) >= 11 is 5.91. The normalized spacial score (nSPS) is 14.5. The molecule has 9 heteroatoms. The molecule has 0 saturated carbocycles. The van der Waals surface area contributed by atoms with Gasteiger partial charge in [0.05, 0.1) is 15.5 Å². The smallest absolute Gasteiger partial charge is 0.253 e. The Labute approximate surface area is 131 Å². The maximum Gasteiger partial charge on any atom is 0.253 e. The second-order valence-corrected chi connectivity index (χ2v) is 8.15. The van der Waals surface area contributed by atoms with Crippen LogP contribution in [0.15, 0.2) is 23.1 Å². The van der Waals surface area contributed by atoms with E-state index in [0.29, 0.717) is 12.2 Å². The number of sulfonamides is 1. The molecule has 0 radical (unpaired) electrons. The molecule has 0 aromatic heterocycles. The third-order valence-corrected chi connectivity index (χ3v) is 4.78. The lowest BCUT2D eigenvalue weighted by Gasteiger charge is -2.14. The zero-order valence-corrected chi connectivity index (χ0v) is 14.0. The lowest BCUT2D eigenvalue weighted by molar-refractivity contribution is 0.0939. The summed E-state index contributed by atoms with van der Waals surface area (Å²) in [6.07, 6.45) is 2.13. The van der Waals surface area contributed by atoms with E-state index in [2.05, 4.69) is 5.32 Å². The number of primary sulfonamides is 1. The number of hydrogen-bond donors (Lipinski definition) is 2. The number of carbonyl (C=O) groups is 1. The molecule has 1 rings (SSSR count). The Hall–Kier alpha value is -0.960. The van der Waals surface area contributed by atoms with Crippen LogP contribution in [0.1, 0.15) is 23.7 Å². The van der Waals surface area contributed by atoms with Gasteiger partial charge in [-0.1, -0.05) is 11.6 Å². The molecule has 118 valence electrons. The minimum Gasteiger partial charge on any atom is -0.350 e. The molecule has 0 aliphatic carbocycles. The quantitative estimate of drug-likeness (QED) is 0.792. The maximum atomic E-state index is 12.1. The van der Waals surface area contributed by atoms with Crippen LogP contribution in [0.2, 0.25) is 5.02 Å². The van der Waals surface area contributed by atoms with E-state index in [0.717, 1.165) is 6.07 Å². The van der Waals surface area contributed by atoms with Crippen LogP contribution in [0.4, 0.5) is 0 Å². The third kappa shape index (κ3) is 5.74. The molecular weight excluding hydrogens is 336 g/mol. The maximum absolute atomic E-state index is 12.1. The van der Waals surface area contributed by atoms with E-state index in [1.165, 1.54) is 12.1 Å². The Morgan fingerprint density at radius 2 is 2.10 bits per heavy atom. The van der Waals surface area contributed by atoms with Crippen molar-refractivity contribution in [2.24, 2.45) is 5.14 Å². The number of hydrogen-bond acceptors (Lipinski definition) is 4. The van der Waals surface area contributed by atoms with E-state index >= 15 is 0 Å². The second kappa shape index (κ2) is 7.35. The van der Waals surface area contributed by atoms with Crippen molar-refractivity contribution >= 4 is 38.3 Å². The monoisotopic (exact) mass is 352 g/mol. The first-order valence-electron chi connectivity index (χ1n) is 6.04. The van der Waals surface area contributed by atoms with Gasteiger partial charge in [0.2, 0.25) is 10.0 Å². The van der Waals surface area contributed by atoms with Gasteiger partial charge in [-0.15, -0.1) is 0 Å². The minimum absolute atomic E-state index is 0.0349. The van der Waals surface area contributed by atoms with Crippen LogP contribution in [0, 0.1) is 0 Å². The predicted molar refractivity (Wildman–Crippen MR) is 83.3 cm³/mol. The van der Waals surface area contributed by atoms with Gasteiger partial charge >= 0.3 is 0 Å². The van der Waals surface area contributed by atoms with Crippen molar-refractivity contribution in [1.82, 2.24) is 5.32 Å². The van der Waals surface area contributed by atoms with E-state index in [4.69, 9.17) is 16.7 Å². The number of amides is 1. The first-order valence-corrected chi connectivity index (χ1v) is 9.69. The highest BCUT2D eigenvalue weighted by Crippen LogP contribution is 2.20. The fourth-order valence-electron chi connectivity index (χ4n) is 1.57. The van der Waals surface area contributed by atoms with Crippen molar-refractivity contribution in [3.63, 3.8) is 0 Å². The van der Waals surface area contributed by atoms with Crippen molar-refractivity contribution in [2.75, 3.05) is 12.0 Å². The summed E-state index contributed by atoms with van der Waals surface area (Å²) in [5.41, 5.74) is 0.0349. The standard InChI is InChI=1S/C12H17ClN2O4S2/c1-8(5-6-20(2)17)15-12(16)10-7-9(21(14,18)19)3-4-11(10)13/h3-4,7-8H,5-6H2,1-2H3,(H,15,16)(H2,14,18,19). The van der Waals surface area contributed by atoms with E-state index in [-0.39, 0.29) is 21.5 Å². The van der Waals surface area contributed by atoms with Gasteiger partial charge in [-0.2, -0.15) is 0 Å². The molecule has 3 N–H and O–H groups in total. The van der Waals surface area contributed by atoms with Gasteiger partial charge in [-0.05, 0) is 31.5 Å². The van der Waals surface area contributed by atoms with E-state index in [9.17, 15) is 17.4 Å². The lowest BCUT2D eigenvalue weighted by Crippen LogP contribution is -2.33. The second-order valence-electron chi connectivity index (χ2n) is 4.63. The van der Waals surface area contributed by atoms with E-state index in [1.54, 1.807) is 13.2 Å². The van der Waals surface area contributed by atoms with E-state index in [1.807, 2.05) is 0 Å². The van der Waals surface area contributed by atoms with Crippen molar-refractivity contribution in [1.29, 1.82) is 0 Å². The highest BCUT2D eigenvalue weighted by atomic mass is 35.5. The zero-order chi connectivity index (χ0) is 16.2. The van der Waals surface area contributed by atoms with E-state index < -0.39 is 26.7 Å². The van der Waals surface area contributed by atoms with Crippen LogP contribution in [0.25, 0.3) is 0 Å². The van der Waals surface area contributed by atoms with Gasteiger partial charge < -0.3 is 5.32 Å². The summed E-state index contributed by atoms with van der Waals surface area (Å²) in [6.45, 7) is 1.77. The molecule has 2 atom stereocenters. The summed E-state index contributed by atoms with van der Waals surface area (Å²) in [5, 5.41) is 7.83. The molecule has 0 aliphatic heterocycles. The number of nitrogens with two attached hydrogens (primary N) is 1. The van der Waals surface area contributed by atoms with Crippen molar-refractivity contribution in [2.45, 2.75) is 24.3 Å². The summed E-state index contributed by atoms with van der Waals surface area (Å²) in [7, 11) is -4.84. The molecule has 6 nitrogen and oxygen atoms in total. The molecule has 0 fully saturated rings. The lowest BCUT2D eigenvalue weighted by atomic mass is 10.2. The first kappa shape index (κ1) is 18.1. The van der Waals surface area contributed by atoms with Gasteiger partial charge in [0.15, 0.2) is 0 Å². The summed E-state index contributed by atoms with van der Waals surface area (Å²) in [6, 6.07) is 3.47. The number of halogens is 1. The van der Waals surface area contributed by atoms with Crippen molar-refractivity contribution in [3.8, 4) is 0 Å². The molecule has 0 bridgehead atoms. The van der Waals surface area contributed by atoms with Gasteiger partial charge in [0.25, 0.3) is 5.91 Å². The highest BCUT2D eigenvalue weighted by molar-refractivity contribution is 7.89. The fourth-order valence-corrected chi connectivity index (χ4v) is 3.00. The summed E-state index contributed by atoms with van der Waals surface area (Å²) in [4.78, 5) is 11.9. The Morgan fingerprint density at radius 3 is 2.62 bits per heavy atom. The van der Waals surface area contributed by atoms with Gasteiger partial charge in [0.1, 0.15) is 0 Å². The van der Waals surface area contributed by atoms with Crippen LogP contribution in [0.3, 0.4) is 0 Å². The largest absolute Gasteiger partial charge is 0.350 e. The Balaban J connectivity index is 2.89. The van der Waals surface area contributed by atoms with Crippen LogP contribution in [0.5, 0.6) is 0 Å². The molecule has 21 heavy (non-hydrogen) atoms.